The van der Waals surface area contributed by atoms with Crippen LogP contribution in [0.15, 0.2) is 79.0 Å². The number of halogens is 1. The Kier molecular flexibility index (Phi) is 7.08. The van der Waals surface area contributed by atoms with Crippen LogP contribution in [0.2, 0.25) is 5.02 Å². The fourth-order valence-corrected chi connectivity index (χ4v) is 6.80. The van der Waals surface area contributed by atoms with Gasteiger partial charge in [0.15, 0.2) is 5.11 Å². The zero-order valence-corrected chi connectivity index (χ0v) is 24.2. The van der Waals surface area contributed by atoms with Crippen LogP contribution < -0.4 is 15.1 Å². The third-order valence-electron chi connectivity index (χ3n) is 8.24. The Hall–Kier alpha value is -3.35. The summed E-state index contributed by atoms with van der Waals surface area (Å²) in [5.41, 5.74) is 7.78. The Labute approximate surface area is 241 Å². The van der Waals surface area contributed by atoms with Gasteiger partial charge in [-0.15, -0.1) is 0 Å². The highest BCUT2D eigenvalue weighted by atomic mass is 35.5. The number of piperidine rings is 1. The van der Waals surface area contributed by atoms with Crippen molar-refractivity contribution in [1.29, 1.82) is 0 Å². The molecule has 6 rings (SSSR count). The van der Waals surface area contributed by atoms with Gasteiger partial charge in [-0.1, -0.05) is 42.8 Å². The van der Waals surface area contributed by atoms with Crippen LogP contribution in [0.25, 0.3) is 5.69 Å². The molecule has 0 aliphatic carbocycles. The largest absolute Gasteiger partial charge is 0.370 e. The zero-order chi connectivity index (χ0) is 27.1. The van der Waals surface area contributed by atoms with E-state index in [9.17, 15) is 0 Å². The molecule has 2 aliphatic rings. The van der Waals surface area contributed by atoms with Crippen LogP contribution in [0.1, 0.15) is 54.5 Å². The van der Waals surface area contributed by atoms with E-state index in [0.717, 1.165) is 46.8 Å². The molecule has 200 valence electrons. The van der Waals surface area contributed by atoms with Gasteiger partial charge in [-0.3, -0.25) is 4.98 Å². The van der Waals surface area contributed by atoms with Crippen molar-refractivity contribution in [1.82, 2.24) is 14.9 Å². The van der Waals surface area contributed by atoms with E-state index < -0.39 is 0 Å². The number of hydrogen-bond donors (Lipinski definition) is 1. The van der Waals surface area contributed by atoms with Gasteiger partial charge in [0.25, 0.3) is 0 Å². The summed E-state index contributed by atoms with van der Waals surface area (Å²) in [7, 11) is 0. The first-order chi connectivity index (χ1) is 18.9. The summed E-state index contributed by atoms with van der Waals surface area (Å²) >= 11 is 13.0. The zero-order valence-electron chi connectivity index (χ0n) is 22.6. The minimum atomic E-state index is -0.106. The highest BCUT2D eigenvalue weighted by Crippen LogP contribution is 2.45. The lowest BCUT2D eigenvalue weighted by atomic mass is 9.96. The summed E-state index contributed by atoms with van der Waals surface area (Å²) in [6.45, 7) is 8.77. The van der Waals surface area contributed by atoms with Gasteiger partial charge < -0.3 is 19.7 Å². The lowest BCUT2D eigenvalue weighted by molar-refractivity contribution is 0.438. The van der Waals surface area contributed by atoms with Crippen molar-refractivity contribution in [2.24, 2.45) is 5.92 Å². The van der Waals surface area contributed by atoms with E-state index >= 15 is 0 Å². The molecule has 4 heterocycles. The molecule has 1 N–H and O–H groups in total. The lowest BCUT2D eigenvalue weighted by Crippen LogP contribution is -2.33. The van der Waals surface area contributed by atoms with Crippen LogP contribution in [0.4, 0.5) is 11.4 Å². The van der Waals surface area contributed by atoms with Crippen molar-refractivity contribution in [2.75, 3.05) is 22.9 Å². The molecular weight excluding hydrogens is 522 g/mol. The molecule has 0 amide bonds. The summed E-state index contributed by atoms with van der Waals surface area (Å²) < 4.78 is 2.32. The van der Waals surface area contributed by atoms with Crippen LogP contribution in [-0.2, 0) is 0 Å². The maximum Gasteiger partial charge on any atom is 0.174 e. The van der Waals surface area contributed by atoms with Crippen LogP contribution >= 0.6 is 23.8 Å². The minimum absolute atomic E-state index is 0.0891. The molecule has 2 fully saturated rings. The molecule has 39 heavy (non-hydrogen) atoms. The molecule has 2 aromatic heterocycles. The van der Waals surface area contributed by atoms with Gasteiger partial charge in [0.2, 0.25) is 0 Å². The van der Waals surface area contributed by atoms with Gasteiger partial charge in [-0.2, -0.15) is 0 Å². The predicted molar refractivity (Wildman–Crippen MR) is 165 cm³/mol. The first-order valence-corrected chi connectivity index (χ1v) is 14.5. The summed E-state index contributed by atoms with van der Waals surface area (Å²) in [6.07, 6.45) is 4.24. The Morgan fingerprint density at radius 3 is 2.36 bits per heavy atom. The number of pyridine rings is 1. The molecule has 4 aromatic rings. The number of thiocarbonyl (C=S) groups is 1. The Morgan fingerprint density at radius 2 is 1.67 bits per heavy atom. The topological polar surface area (TPSA) is 36.3 Å². The second-order valence-corrected chi connectivity index (χ2v) is 11.6. The van der Waals surface area contributed by atoms with Crippen molar-refractivity contribution in [3.8, 4) is 5.69 Å². The predicted octanol–water partition coefficient (Wildman–Crippen LogP) is 7.56. The van der Waals surface area contributed by atoms with Gasteiger partial charge >= 0.3 is 0 Å². The maximum absolute atomic E-state index is 6.96. The normalized spacial score (nSPS) is 19.9. The highest BCUT2D eigenvalue weighted by molar-refractivity contribution is 7.80. The monoisotopic (exact) mass is 555 g/mol. The lowest BCUT2D eigenvalue weighted by Gasteiger charge is -2.33. The van der Waals surface area contributed by atoms with E-state index in [2.05, 4.69) is 101 Å². The molecule has 0 bridgehead atoms. The summed E-state index contributed by atoms with van der Waals surface area (Å²) in [5.74, 6) is 0.770. The summed E-state index contributed by atoms with van der Waals surface area (Å²) in [4.78, 5) is 9.36. The molecule has 0 spiro atoms. The number of aromatic nitrogens is 2. The van der Waals surface area contributed by atoms with Gasteiger partial charge in [-0.25, -0.2) is 0 Å². The fourth-order valence-electron chi connectivity index (χ4n) is 6.16. The summed E-state index contributed by atoms with van der Waals surface area (Å²) in [5, 5.41) is 5.04. The first-order valence-electron chi connectivity index (χ1n) is 13.7. The third-order valence-corrected chi connectivity index (χ3v) is 8.85. The minimum Gasteiger partial charge on any atom is -0.370 e. The van der Waals surface area contributed by atoms with E-state index in [1.807, 2.05) is 18.3 Å². The molecule has 2 atom stereocenters. The number of hydrogen-bond acceptors (Lipinski definition) is 3. The molecule has 2 saturated heterocycles. The van der Waals surface area contributed by atoms with Gasteiger partial charge in [0, 0.05) is 42.0 Å². The van der Waals surface area contributed by atoms with Gasteiger partial charge in [0.05, 0.1) is 28.5 Å². The second-order valence-electron chi connectivity index (χ2n) is 10.8. The molecule has 2 aromatic carbocycles. The van der Waals surface area contributed by atoms with Gasteiger partial charge in [-0.05, 0) is 98.9 Å². The quantitative estimate of drug-likeness (QED) is 0.257. The Bertz CT molecular complexity index is 1480. The molecule has 7 heteroatoms. The van der Waals surface area contributed by atoms with E-state index in [4.69, 9.17) is 28.8 Å². The van der Waals surface area contributed by atoms with E-state index in [1.165, 1.54) is 29.8 Å². The Morgan fingerprint density at radius 1 is 0.923 bits per heavy atom. The summed E-state index contributed by atoms with van der Waals surface area (Å²) in [6, 6.07) is 25.1. The van der Waals surface area contributed by atoms with Crippen molar-refractivity contribution < 1.29 is 0 Å². The third kappa shape index (κ3) is 4.81. The average molecular weight is 556 g/mol. The first kappa shape index (κ1) is 25.9. The number of rotatable bonds is 5. The van der Waals surface area contributed by atoms with E-state index in [-0.39, 0.29) is 12.1 Å². The van der Waals surface area contributed by atoms with Crippen LogP contribution in [0, 0.1) is 19.8 Å². The van der Waals surface area contributed by atoms with Gasteiger partial charge in [0.1, 0.15) is 0 Å². The number of benzene rings is 2. The van der Waals surface area contributed by atoms with Crippen molar-refractivity contribution in [3.05, 3.63) is 107 Å². The SMILES string of the molecule is Cc1cc([C@H]2[C@@H](c3ccccn3)NC(=S)N2c2ccc(N3CCC(C)CC3)c(Cl)c2)c(C)n1-c1ccccc1. The Balaban J connectivity index is 1.43. The number of aryl methyl sites for hydroxylation is 1. The van der Waals surface area contributed by atoms with Crippen LogP contribution in [0.3, 0.4) is 0 Å². The van der Waals surface area contributed by atoms with Crippen LogP contribution in [-0.4, -0.2) is 27.8 Å². The molecule has 5 nitrogen and oxygen atoms in total. The smallest absolute Gasteiger partial charge is 0.174 e. The van der Waals surface area contributed by atoms with Crippen LogP contribution in [0.5, 0.6) is 0 Å². The number of anilines is 2. The number of nitrogens with zero attached hydrogens (tertiary/aromatic N) is 4. The van der Waals surface area contributed by atoms with Crippen molar-refractivity contribution in [2.45, 2.75) is 45.7 Å². The standard InChI is InChI=1S/C32H34ClN5S/c1-21-14-17-36(18-15-21)29-13-12-25(20-27(29)33)38-31(30(35-32(38)39)28-11-7-8-16-34-28)26-19-22(2)37(23(26)3)24-9-5-4-6-10-24/h4-13,16,19-21,30-31H,14-15,17-18H2,1-3H3,(H,35,39)/t30-,31+/m1/s1. The number of para-hydroxylation sites is 1. The number of nitrogens with one attached hydrogen (secondary N) is 1. The molecule has 2 aliphatic heterocycles. The molecule has 0 unspecified atom stereocenters. The molecular formula is C32H34ClN5S. The van der Waals surface area contributed by atoms with Crippen molar-refractivity contribution >= 4 is 40.3 Å². The van der Waals surface area contributed by atoms with Crippen molar-refractivity contribution in [3.63, 3.8) is 0 Å². The maximum atomic E-state index is 6.96. The molecule has 0 saturated carbocycles. The van der Waals surface area contributed by atoms with E-state index in [1.54, 1.807) is 0 Å². The average Bonchev–Trinajstić information content (AvgIpc) is 3.45. The highest BCUT2D eigenvalue weighted by Gasteiger charge is 2.42. The fraction of sp³-hybridized carbons (Fsp3) is 0.312. The second kappa shape index (κ2) is 10.7. The van der Waals surface area contributed by atoms with E-state index in [0.29, 0.717) is 5.11 Å². The molecule has 0 radical (unpaired) electrons.